The van der Waals surface area contributed by atoms with Gasteiger partial charge in [0.2, 0.25) is 0 Å². The van der Waals surface area contributed by atoms with Crippen molar-refractivity contribution in [3.05, 3.63) is 23.8 Å². The van der Waals surface area contributed by atoms with E-state index in [0.717, 1.165) is 5.57 Å². The largest absolute Gasteiger partial charge is 0.385 e. The van der Waals surface area contributed by atoms with Crippen molar-refractivity contribution in [2.24, 2.45) is 0 Å². The maximum atomic E-state index is 11.1. The Kier molecular flexibility index (Phi) is 3.64. The van der Waals surface area contributed by atoms with E-state index in [1.54, 1.807) is 0 Å². The van der Waals surface area contributed by atoms with E-state index in [1.165, 1.54) is 0 Å². The van der Waals surface area contributed by atoms with Gasteiger partial charge in [0, 0.05) is 12.8 Å². The molecule has 0 amide bonds. The summed E-state index contributed by atoms with van der Waals surface area (Å²) in [5.74, 6) is 0.269. The van der Waals surface area contributed by atoms with E-state index >= 15 is 0 Å². The molecule has 1 rings (SSSR count). The fraction of sp³-hybridized carbons (Fsp3) is 0.583. The monoisotopic (exact) mass is 194 g/mol. The number of carbonyl (C=O) groups excluding carboxylic acids is 1. The van der Waals surface area contributed by atoms with Gasteiger partial charge in [-0.05, 0) is 32.3 Å². The smallest absolute Gasteiger partial charge is 0.133 e. The van der Waals surface area contributed by atoms with Crippen LogP contribution >= 0.6 is 0 Å². The summed E-state index contributed by atoms with van der Waals surface area (Å²) in [6.45, 7) is 3.85. The predicted molar refractivity (Wildman–Crippen MR) is 57.0 cm³/mol. The lowest BCUT2D eigenvalue weighted by Crippen LogP contribution is -2.35. The van der Waals surface area contributed by atoms with Gasteiger partial charge in [0.1, 0.15) is 5.78 Å². The molecule has 0 heterocycles. The molecule has 0 aromatic carbocycles. The summed E-state index contributed by atoms with van der Waals surface area (Å²) in [4.78, 5) is 11.1. The second kappa shape index (κ2) is 4.56. The van der Waals surface area contributed by atoms with Gasteiger partial charge >= 0.3 is 0 Å². The van der Waals surface area contributed by atoms with Crippen molar-refractivity contribution >= 4 is 5.78 Å². The maximum Gasteiger partial charge on any atom is 0.133 e. The molecule has 2 heteroatoms. The Bertz CT molecular complexity index is 264. The zero-order chi connectivity index (χ0) is 10.6. The Morgan fingerprint density at radius 3 is 2.36 bits per heavy atom. The van der Waals surface area contributed by atoms with Crippen LogP contribution in [0, 0.1) is 0 Å². The molecule has 0 aromatic rings. The average molecular weight is 194 g/mol. The Labute approximate surface area is 85.3 Å². The van der Waals surface area contributed by atoms with E-state index in [-0.39, 0.29) is 5.78 Å². The van der Waals surface area contributed by atoms with Gasteiger partial charge in [-0.25, -0.2) is 0 Å². The van der Waals surface area contributed by atoms with Crippen LogP contribution in [0.5, 0.6) is 0 Å². The van der Waals surface area contributed by atoms with Crippen molar-refractivity contribution in [1.29, 1.82) is 0 Å². The first-order valence-corrected chi connectivity index (χ1v) is 5.16. The second-order valence-corrected chi connectivity index (χ2v) is 3.81. The molecule has 0 radical (unpaired) electrons. The van der Waals surface area contributed by atoms with Gasteiger partial charge in [0.15, 0.2) is 0 Å². The highest BCUT2D eigenvalue weighted by molar-refractivity contribution is 5.79. The minimum absolute atomic E-state index is 0.269. The van der Waals surface area contributed by atoms with E-state index in [9.17, 15) is 9.90 Å². The van der Waals surface area contributed by atoms with Crippen molar-refractivity contribution in [3.8, 4) is 0 Å². The van der Waals surface area contributed by atoms with Crippen molar-refractivity contribution in [3.63, 3.8) is 0 Å². The van der Waals surface area contributed by atoms with Crippen molar-refractivity contribution in [1.82, 2.24) is 0 Å². The minimum Gasteiger partial charge on any atom is -0.385 e. The molecule has 0 atom stereocenters. The van der Waals surface area contributed by atoms with E-state index < -0.39 is 5.60 Å². The third-order valence-electron chi connectivity index (χ3n) is 2.83. The van der Waals surface area contributed by atoms with Crippen LogP contribution in [-0.2, 0) is 4.79 Å². The first kappa shape index (κ1) is 11.2. The fourth-order valence-electron chi connectivity index (χ4n) is 1.93. The van der Waals surface area contributed by atoms with E-state index in [2.05, 4.69) is 0 Å². The third-order valence-corrected chi connectivity index (χ3v) is 2.83. The molecular weight excluding hydrogens is 176 g/mol. The molecule has 1 saturated carbocycles. The van der Waals surface area contributed by atoms with Crippen LogP contribution in [-0.4, -0.2) is 16.5 Å². The quantitative estimate of drug-likeness (QED) is 0.685. The highest BCUT2D eigenvalue weighted by Crippen LogP contribution is 2.33. The Morgan fingerprint density at radius 2 is 1.93 bits per heavy atom. The van der Waals surface area contributed by atoms with Crippen LogP contribution < -0.4 is 0 Å². The topological polar surface area (TPSA) is 37.3 Å². The lowest BCUT2D eigenvalue weighted by Gasteiger charge is -2.32. The number of rotatable bonds is 2. The van der Waals surface area contributed by atoms with Crippen LogP contribution in [0.1, 0.15) is 39.5 Å². The van der Waals surface area contributed by atoms with Gasteiger partial charge in [-0.15, -0.1) is 0 Å². The Morgan fingerprint density at radius 1 is 1.36 bits per heavy atom. The first-order valence-electron chi connectivity index (χ1n) is 5.16. The summed E-state index contributed by atoms with van der Waals surface area (Å²) in [7, 11) is 0. The zero-order valence-corrected chi connectivity index (χ0v) is 8.92. The van der Waals surface area contributed by atoms with Crippen LogP contribution in [0.3, 0.4) is 0 Å². The number of carbonyl (C=O) groups is 1. The summed E-state index contributed by atoms with van der Waals surface area (Å²) >= 11 is 0. The van der Waals surface area contributed by atoms with Crippen LogP contribution in [0.15, 0.2) is 23.8 Å². The molecule has 0 spiro atoms. The maximum absolute atomic E-state index is 11.1. The van der Waals surface area contributed by atoms with Gasteiger partial charge in [-0.3, -0.25) is 4.79 Å². The molecule has 0 saturated heterocycles. The summed E-state index contributed by atoms with van der Waals surface area (Å²) in [5, 5.41) is 10.3. The molecule has 0 unspecified atom stereocenters. The summed E-state index contributed by atoms with van der Waals surface area (Å²) < 4.78 is 0. The second-order valence-electron chi connectivity index (χ2n) is 3.81. The highest BCUT2D eigenvalue weighted by Gasteiger charge is 2.34. The van der Waals surface area contributed by atoms with Crippen LogP contribution in [0.2, 0.25) is 0 Å². The SMILES string of the molecule is C/C=C\C(=C/C)C1(O)CCC(=O)CC1. The molecule has 78 valence electrons. The summed E-state index contributed by atoms with van der Waals surface area (Å²) in [6, 6.07) is 0. The molecule has 0 bridgehead atoms. The zero-order valence-electron chi connectivity index (χ0n) is 8.92. The summed E-state index contributed by atoms with van der Waals surface area (Å²) in [6.07, 6.45) is 7.91. The van der Waals surface area contributed by atoms with E-state index in [4.69, 9.17) is 0 Å². The number of ketones is 1. The highest BCUT2D eigenvalue weighted by atomic mass is 16.3. The number of Topliss-reactive ketones (excluding diaryl/α,β-unsaturated/α-hetero) is 1. The van der Waals surface area contributed by atoms with Gasteiger partial charge in [-0.1, -0.05) is 18.2 Å². The standard InChI is InChI=1S/C12H18O2/c1-3-5-10(4-2)12(14)8-6-11(13)7-9-12/h3-5,14H,6-9H2,1-2H3/b5-3-,10-4+. The number of aliphatic hydroxyl groups is 1. The summed E-state index contributed by atoms with van der Waals surface area (Å²) in [5.41, 5.74) is 0.169. The molecule has 1 N–H and O–H groups in total. The number of allylic oxidation sites excluding steroid dienone is 2. The number of hydrogen-bond donors (Lipinski definition) is 1. The van der Waals surface area contributed by atoms with Crippen LogP contribution in [0.25, 0.3) is 0 Å². The van der Waals surface area contributed by atoms with Gasteiger partial charge in [0.25, 0.3) is 0 Å². The normalized spacial score (nSPS) is 23.1. The lowest BCUT2D eigenvalue weighted by molar-refractivity contribution is -0.123. The number of hydrogen-bond acceptors (Lipinski definition) is 2. The van der Waals surface area contributed by atoms with Crippen LogP contribution in [0.4, 0.5) is 0 Å². The van der Waals surface area contributed by atoms with Gasteiger partial charge in [-0.2, -0.15) is 0 Å². The minimum atomic E-state index is -0.769. The fourth-order valence-corrected chi connectivity index (χ4v) is 1.93. The van der Waals surface area contributed by atoms with Gasteiger partial charge < -0.3 is 5.11 Å². The molecule has 14 heavy (non-hydrogen) atoms. The van der Waals surface area contributed by atoms with E-state index in [1.807, 2.05) is 32.1 Å². The molecule has 0 aromatic heterocycles. The average Bonchev–Trinajstić information content (AvgIpc) is 2.19. The Hall–Kier alpha value is -0.890. The third kappa shape index (κ3) is 2.32. The van der Waals surface area contributed by atoms with Crippen molar-refractivity contribution in [2.45, 2.75) is 45.1 Å². The molecule has 1 aliphatic rings. The Balaban J connectivity index is 2.78. The van der Waals surface area contributed by atoms with E-state index in [0.29, 0.717) is 25.7 Å². The molecule has 1 aliphatic carbocycles. The van der Waals surface area contributed by atoms with Gasteiger partial charge in [0.05, 0.1) is 5.60 Å². The molecular formula is C12H18O2. The predicted octanol–water partition coefficient (Wildman–Crippen LogP) is 2.38. The van der Waals surface area contributed by atoms with Crippen molar-refractivity contribution in [2.75, 3.05) is 0 Å². The lowest BCUT2D eigenvalue weighted by atomic mass is 9.78. The molecule has 0 aliphatic heterocycles. The molecule has 1 fully saturated rings. The molecule has 2 nitrogen and oxygen atoms in total. The first-order chi connectivity index (χ1) is 6.62. The van der Waals surface area contributed by atoms with Crippen molar-refractivity contribution < 1.29 is 9.90 Å².